The molecule has 29 heavy (non-hydrogen) atoms. The summed E-state index contributed by atoms with van der Waals surface area (Å²) in [6, 6.07) is 14.2. The zero-order valence-electron chi connectivity index (χ0n) is 16.6. The molecule has 2 aromatic heterocycles. The average molecular weight is 386 g/mol. The largest absolute Gasteiger partial charge is 0.335 e. The fourth-order valence-electron chi connectivity index (χ4n) is 4.99. The Morgan fingerprint density at radius 2 is 1.79 bits per heavy atom. The summed E-state index contributed by atoms with van der Waals surface area (Å²) in [5.41, 5.74) is 3.21. The fourth-order valence-corrected chi connectivity index (χ4v) is 4.99. The number of rotatable bonds is 3. The minimum absolute atomic E-state index is 0.114. The highest BCUT2D eigenvalue weighted by atomic mass is 16.2. The van der Waals surface area contributed by atoms with Crippen molar-refractivity contribution in [1.82, 2.24) is 19.7 Å². The van der Waals surface area contributed by atoms with Crippen LogP contribution in [0.5, 0.6) is 0 Å². The van der Waals surface area contributed by atoms with Gasteiger partial charge < -0.3 is 4.90 Å². The van der Waals surface area contributed by atoms with Gasteiger partial charge in [0.15, 0.2) is 0 Å². The van der Waals surface area contributed by atoms with Crippen LogP contribution in [0.4, 0.5) is 0 Å². The Hall–Kier alpha value is -2.95. The molecule has 2 atom stereocenters. The van der Waals surface area contributed by atoms with Gasteiger partial charge in [-0.2, -0.15) is 5.10 Å². The number of para-hydroxylation sites is 1. The summed E-state index contributed by atoms with van der Waals surface area (Å²) in [7, 11) is 0. The van der Waals surface area contributed by atoms with Gasteiger partial charge in [-0.1, -0.05) is 31.0 Å². The van der Waals surface area contributed by atoms with Crippen LogP contribution in [0, 0.1) is 5.92 Å². The first-order valence-electron chi connectivity index (χ1n) is 10.7. The number of hydrogen-bond donors (Lipinski definition) is 0. The smallest absolute Gasteiger partial charge is 0.257 e. The minimum Gasteiger partial charge on any atom is -0.335 e. The Morgan fingerprint density at radius 3 is 2.62 bits per heavy atom. The molecule has 5 rings (SSSR count). The van der Waals surface area contributed by atoms with Crippen molar-refractivity contribution in [2.24, 2.45) is 5.92 Å². The number of hydrogen-bond acceptors (Lipinski definition) is 3. The molecule has 1 aromatic carbocycles. The number of likely N-dealkylation sites (tertiary alicyclic amines) is 1. The molecule has 2 fully saturated rings. The van der Waals surface area contributed by atoms with Gasteiger partial charge in [-0.3, -0.25) is 9.78 Å². The lowest BCUT2D eigenvalue weighted by atomic mass is 9.78. The summed E-state index contributed by atoms with van der Waals surface area (Å²) < 4.78 is 1.82. The van der Waals surface area contributed by atoms with Crippen molar-refractivity contribution >= 4 is 5.91 Å². The fraction of sp³-hybridized carbons (Fsp3) is 0.375. The predicted octanol–water partition coefficient (Wildman–Crippen LogP) is 4.73. The van der Waals surface area contributed by atoms with Crippen LogP contribution in [0.2, 0.25) is 0 Å². The van der Waals surface area contributed by atoms with Gasteiger partial charge in [-0.25, -0.2) is 4.68 Å². The second kappa shape index (κ2) is 7.82. The molecule has 3 heterocycles. The molecule has 1 aliphatic carbocycles. The van der Waals surface area contributed by atoms with Crippen molar-refractivity contribution in [1.29, 1.82) is 0 Å². The number of piperidine rings is 1. The number of benzene rings is 1. The number of aromatic nitrogens is 3. The van der Waals surface area contributed by atoms with Gasteiger partial charge in [0, 0.05) is 36.7 Å². The van der Waals surface area contributed by atoms with E-state index in [0.717, 1.165) is 30.6 Å². The molecule has 148 valence electrons. The summed E-state index contributed by atoms with van der Waals surface area (Å²) in [5, 5.41) is 4.80. The van der Waals surface area contributed by atoms with Gasteiger partial charge >= 0.3 is 0 Å². The highest BCUT2D eigenvalue weighted by Gasteiger charge is 2.37. The molecule has 5 heteroatoms. The molecular weight excluding hydrogens is 360 g/mol. The van der Waals surface area contributed by atoms with Gasteiger partial charge in [-0.15, -0.1) is 0 Å². The van der Waals surface area contributed by atoms with Crippen LogP contribution in [0.15, 0.2) is 61.1 Å². The Morgan fingerprint density at radius 1 is 0.966 bits per heavy atom. The van der Waals surface area contributed by atoms with E-state index in [2.05, 4.69) is 9.88 Å². The second-order valence-electron chi connectivity index (χ2n) is 8.17. The van der Waals surface area contributed by atoms with Crippen molar-refractivity contribution in [3.05, 3.63) is 66.6 Å². The van der Waals surface area contributed by atoms with Gasteiger partial charge in [0.1, 0.15) is 5.69 Å². The van der Waals surface area contributed by atoms with Crippen molar-refractivity contribution in [2.45, 2.75) is 44.6 Å². The topological polar surface area (TPSA) is 51.0 Å². The number of carbonyl (C=O) groups excluding carboxylic acids is 1. The van der Waals surface area contributed by atoms with E-state index in [-0.39, 0.29) is 5.91 Å². The van der Waals surface area contributed by atoms with E-state index in [1.54, 1.807) is 12.4 Å². The third kappa shape index (κ3) is 3.46. The first-order chi connectivity index (χ1) is 14.3. The predicted molar refractivity (Wildman–Crippen MR) is 113 cm³/mol. The van der Waals surface area contributed by atoms with Gasteiger partial charge in [0.05, 0.1) is 11.3 Å². The van der Waals surface area contributed by atoms with Crippen LogP contribution in [0.25, 0.3) is 16.9 Å². The zero-order chi connectivity index (χ0) is 19.6. The monoisotopic (exact) mass is 386 g/mol. The third-order valence-electron chi connectivity index (χ3n) is 6.40. The number of pyridine rings is 1. The van der Waals surface area contributed by atoms with Crippen molar-refractivity contribution < 1.29 is 4.79 Å². The SMILES string of the molecule is O=C(c1cn(-c2ccccc2)nc1-c1cccnc1)N1CCCC2CCCCC21. The highest BCUT2D eigenvalue weighted by molar-refractivity contribution is 6.00. The number of fused-ring (bicyclic) bond motifs is 1. The van der Waals surface area contributed by atoms with Crippen LogP contribution in [-0.2, 0) is 0 Å². The first-order valence-corrected chi connectivity index (χ1v) is 10.7. The molecule has 1 amide bonds. The summed E-state index contributed by atoms with van der Waals surface area (Å²) in [6.07, 6.45) is 12.7. The summed E-state index contributed by atoms with van der Waals surface area (Å²) in [4.78, 5) is 20.1. The highest BCUT2D eigenvalue weighted by Crippen LogP contribution is 2.37. The Bertz CT molecular complexity index is 981. The quantitative estimate of drug-likeness (QED) is 0.654. The van der Waals surface area contributed by atoms with E-state index >= 15 is 0 Å². The molecule has 1 saturated heterocycles. The molecule has 1 aliphatic heterocycles. The summed E-state index contributed by atoms with van der Waals surface area (Å²) in [6.45, 7) is 0.850. The van der Waals surface area contributed by atoms with E-state index in [9.17, 15) is 4.79 Å². The Balaban J connectivity index is 1.56. The summed E-state index contributed by atoms with van der Waals surface area (Å²) >= 11 is 0. The zero-order valence-corrected chi connectivity index (χ0v) is 16.6. The van der Waals surface area contributed by atoms with Crippen LogP contribution in [-0.4, -0.2) is 38.2 Å². The molecule has 1 saturated carbocycles. The lowest BCUT2D eigenvalue weighted by molar-refractivity contribution is 0.0391. The average Bonchev–Trinajstić information content (AvgIpc) is 3.25. The molecule has 2 unspecified atom stereocenters. The lowest BCUT2D eigenvalue weighted by Gasteiger charge is -2.44. The van der Waals surface area contributed by atoms with Crippen LogP contribution < -0.4 is 0 Å². The molecule has 0 spiro atoms. The van der Waals surface area contributed by atoms with Crippen molar-refractivity contribution in [3.63, 3.8) is 0 Å². The third-order valence-corrected chi connectivity index (χ3v) is 6.40. The normalized spacial score (nSPS) is 21.6. The number of carbonyl (C=O) groups is 1. The first kappa shape index (κ1) is 18.1. The molecule has 5 nitrogen and oxygen atoms in total. The maximum atomic E-state index is 13.7. The van der Waals surface area contributed by atoms with Gasteiger partial charge in [-0.05, 0) is 55.9 Å². The standard InChI is InChI=1S/C24H26N4O/c29-24(27-15-7-10-18-8-4-5-13-22(18)27)21-17-28(20-11-2-1-3-12-20)26-23(21)19-9-6-14-25-16-19/h1-3,6,9,11-12,14,16-18,22H,4-5,7-8,10,13,15H2. The molecular formula is C24H26N4O. The maximum absolute atomic E-state index is 13.7. The van der Waals surface area contributed by atoms with Gasteiger partial charge in [0.25, 0.3) is 5.91 Å². The van der Waals surface area contributed by atoms with Gasteiger partial charge in [0.2, 0.25) is 0 Å². The van der Waals surface area contributed by atoms with E-state index in [1.165, 1.54) is 25.7 Å². The summed E-state index contributed by atoms with van der Waals surface area (Å²) in [5.74, 6) is 0.773. The van der Waals surface area contributed by atoms with Crippen LogP contribution in [0.3, 0.4) is 0 Å². The van der Waals surface area contributed by atoms with Crippen LogP contribution in [0.1, 0.15) is 48.9 Å². The Labute approximate surface area is 171 Å². The second-order valence-corrected chi connectivity index (χ2v) is 8.17. The molecule has 0 N–H and O–H groups in total. The van der Waals surface area contributed by atoms with Crippen molar-refractivity contribution in [2.75, 3.05) is 6.54 Å². The Kier molecular flexibility index (Phi) is 4.88. The van der Waals surface area contributed by atoms with E-state index in [1.807, 2.05) is 53.3 Å². The molecule has 3 aromatic rings. The maximum Gasteiger partial charge on any atom is 0.257 e. The molecule has 2 aliphatic rings. The lowest BCUT2D eigenvalue weighted by Crippen LogP contribution is -2.49. The van der Waals surface area contributed by atoms with E-state index in [0.29, 0.717) is 23.2 Å². The van der Waals surface area contributed by atoms with Crippen LogP contribution >= 0.6 is 0 Å². The molecule has 0 bridgehead atoms. The van der Waals surface area contributed by atoms with E-state index in [4.69, 9.17) is 5.10 Å². The molecule has 0 radical (unpaired) electrons. The van der Waals surface area contributed by atoms with E-state index < -0.39 is 0 Å². The van der Waals surface area contributed by atoms with Crippen molar-refractivity contribution in [3.8, 4) is 16.9 Å². The minimum atomic E-state index is 0.114. The number of nitrogens with zero attached hydrogens (tertiary/aromatic N) is 4. The number of amides is 1.